The Bertz CT molecular complexity index is 1280. The van der Waals surface area contributed by atoms with E-state index in [0.717, 1.165) is 28.1 Å². The minimum absolute atomic E-state index is 0.533. The highest BCUT2D eigenvalue weighted by atomic mass is 32.2. The minimum atomic E-state index is 0.533. The molecule has 0 aliphatic carbocycles. The smallest absolute Gasteiger partial charge is 0.277 e. The first-order valence-corrected chi connectivity index (χ1v) is 11.0. The van der Waals surface area contributed by atoms with Crippen molar-refractivity contribution in [1.82, 2.24) is 20.0 Å². The van der Waals surface area contributed by atoms with Gasteiger partial charge in [-0.2, -0.15) is 5.10 Å². The summed E-state index contributed by atoms with van der Waals surface area (Å²) in [5, 5.41) is 13.8. The third-order valence-corrected chi connectivity index (χ3v) is 5.78. The van der Waals surface area contributed by atoms with Gasteiger partial charge in [0.05, 0.1) is 11.4 Å². The second-order valence-corrected chi connectivity index (χ2v) is 8.10. The largest absolute Gasteiger partial charge is 0.411 e. The highest BCUT2D eigenvalue weighted by Gasteiger charge is 2.15. The molecule has 5 rings (SSSR count). The van der Waals surface area contributed by atoms with Crippen molar-refractivity contribution >= 4 is 11.8 Å². The molecule has 3 aromatic carbocycles. The zero-order valence-electron chi connectivity index (χ0n) is 17.0. The molecule has 0 unspecified atom stereocenters. The molecule has 0 saturated carbocycles. The lowest BCUT2D eigenvalue weighted by molar-refractivity contribution is 0.466. The van der Waals surface area contributed by atoms with Gasteiger partial charge in [0.2, 0.25) is 5.89 Å². The number of aromatic nitrogens is 4. The number of nitrogens with zero attached hydrogens (tertiary/aromatic N) is 4. The second kappa shape index (κ2) is 8.62. The molecule has 152 valence electrons. The quantitative estimate of drug-likeness (QED) is 0.304. The van der Waals surface area contributed by atoms with E-state index in [4.69, 9.17) is 9.52 Å². The molecule has 0 amide bonds. The fourth-order valence-corrected chi connectivity index (χ4v) is 4.01. The Morgan fingerprint density at radius 3 is 2.26 bits per heavy atom. The standard InChI is InChI=1S/C25H20N4OS/c1-18-12-14-20(15-13-18)24-26-27-25(30-24)31-17-21-16-29(22-10-6-3-7-11-22)28-23(21)19-8-4-2-5-9-19/h2-16H,17H2,1H3. The molecule has 0 fully saturated rings. The fraction of sp³-hybridized carbons (Fsp3) is 0.0800. The molecular formula is C25H20N4OS. The third-order valence-electron chi connectivity index (χ3n) is 4.91. The predicted molar refractivity (Wildman–Crippen MR) is 123 cm³/mol. The highest BCUT2D eigenvalue weighted by molar-refractivity contribution is 7.98. The van der Waals surface area contributed by atoms with Crippen LogP contribution in [0, 0.1) is 6.92 Å². The summed E-state index contributed by atoms with van der Waals surface area (Å²) in [6.45, 7) is 2.05. The summed E-state index contributed by atoms with van der Waals surface area (Å²) >= 11 is 1.52. The van der Waals surface area contributed by atoms with Crippen LogP contribution in [0.15, 0.2) is 101 Å². The van der Waals surface area contributed by atoms with Crippen molar-refractivity contribution in [2.45, 2.75) is 17.9 Å². The van der Waals surface area contributed by atoms with E-state index in [2.05, 4.69) is 35.5 Å². The molecule has 0 aliphatic rings. The molecule has 0 atom stereocenters. The van der Waals surface area contributed by atoms with Crippen LogP contribution in [0.4, 0.5) is 0 Å². The molecular weight excluding hydrogens is 404 g/mol. The molecule has 6 heteroatoms. The molecule has 2 aromatic heterocycles. The Labute approximate surface area is 184 Å². The van der Waals surface area contributed by atoms with Gasteiger partial charge in [-0.05, 0) is 31.2 Å². The Kier molecular flexibility index (Phi) is 5.37. The first-order valence-electron chi connectivity index (χ1n) is 9.99. The van der Waals surface area contributed by atoms with Gasteiger partial charge < -0.3 is 4.42 Å². The molecule has 0 radical (unpaired) electrons. The van der Waals surface area contributed by atoms with E-state index in [0.29, 0.717) is 16.9 Å². The number of hydrogen-bond donors (Lipinski definition) is 0. The topological polar surface area (TPSA) is 56.7 Å². The minimum Gasteiger partial charge on any atom is -0.411 e. The molecule has 0 N–H and O–H groups in total. The van der Waals surface area contributed by atoms with E-state index >= 15 is 0 Å². The lowest BCUT2D eigenvalue weighted by atomic mass is 10.1. The molecule has 0 saturated heterocycles. The van der Waals surface area contributed by atoms with Crippen molar-refractivity contribution in [2.24, 2.45) is 0 Å². The van der Waals surface area contributed by atoms with Crippen molar-refractivity contribution < 1.29 is 4.42 Å². The summed E-state index contributed by atoms with van der Waals surface area (Å²) in [6, 6.07) is 28.4. The Morgan fingerprint density at radius 2 is 1.52 bits per heavy atom. The maximum atomic E-state index is 5.88. The molecule has 31 heavy (non-hydrogen) atoms. The van der Waals surface area contributed by atoms with Crippen molar-refractivity contribution in [2.75, 3.05) is 0 Å². The van der Waals surface area contributed by atoms with E-state index in [1.165, 1.54) is 17.3 Å². The normalized spacial score (nSPS) is 11.0. The molecule has 2 heterocycles. The van der Waals surface area contributed by atoms with Gasteiger partial charge in [-0.3, -0.25) is 0 Å². The van der Waals surface area contributed by atoms with Crippen molar-refractivity contribution in [3.05, 3.63) is 102 Å². The highest BCUT2D eigenvalue weighted by Crippen LogP contribution is 2.31. The van der Waals surface area contributed by atoms with Gasteiger partial charge in [-0.15, -0.1) is 10.2 Å². The summed E-state index contributed by atoms with van der Waals surface area (Å²) < 4.78 is 7.80. The van der Waals surface area contributed by atoms with Gasteiger partial charge >= 0.3 is 0 Å². The molecule has 0 spiro atoms. The van der Waals surface area contributed by atoms with Crippen LogP contribution in [0.25, 0.3) is 28.4 Å². The summed E-state index contributed by atoms with van der Waals surface area (Å²) in [5.74, 6) is 1.21. The van der Waals surface area contributed by atoms with E-state index < -0.39 is 0 Å². The van der Waals surface area contributed by atoms with E-state index in [9.17, 15) is 0 Å². The van der Waals surface area contributed by atoms with Crippen LogP contribution < -0.4 is 0 Å². The lowest BCUT2D eigenvalue weighted by Crippen LogP contribution is -1.93. The molecule has 5 aromatic rings. The zero-order chi connectivity index (χ0) is 21.0. The number of benzene rings is 3. The van der Waals surface area contributed by atoms with Gasteiger partial charge in [-0.1, -0.05) is 78.0 Å². The van der Waals surface area contributed by atoms with Crippen LogP contribution >= 0.6 is 11.8 Å². The van der Waals surface area contributed by atoms with Crippen molar-refractivity contribution in [3.8, 4) is 28.4 Å². The number of hydrogen-bond acceptors (Lipinski definition) is 5. The third kappa shape index (κ3) is 4.29. The fourth-order valence-electron chi connectivity index (χ4n) is 3.29. The molecule has 0 aliphatic heterocycles. The monoisotopic (exact) mass is 424 g/mol. The first-order chi connectivity index (χ1) is 15.3. The Hall–Kier alpha value is -3.64. The average Bonchev–Trinajstić information content (AvgIpc) is 3.47. The zero-order valence-corrected chi connectivity index (χ0v) is 17.8. The first kappa shape index (κ1) is 19.3. The molecule has 0 bridgehead atoms. The average molecular weight is 425 g/mol. The Balaban J connectivity index is 1.41. The second-order valence-electron chi connectivity index (χ2n) is 7.18. The van der Waals surface area contributed by atoms with Crippen molar-refractivity contribution in [3.63, 3.8) is 0 Å². The number of aryl methyl sites for hydroxylation is 1. The SMILES string of the molecule is Cc1ccc(-c2nnc(SCc3cn(-c4ccccc4)nc3-c3ccccc3)o2)cc1. The maximum Gasteiger partial charge on any atom is 0.277 e. The summed E-state index contributed by atoms with van der Waals surface area (Å²) in [4.78, 5) is 0. The summed E-state index contributed by atoms with van der Waals surface area (Å²) in [6.07, 6.45) is 2.07. The van der Waals surface area contributed by atoms with Gasteiger partial charge in [0.15, 0.2) is 0 Å². The van der Waals surface area contributed by atoms with Crippen LogP contribution in [-0.2, 0) is 5.75 Å². The van der Waals surface area contributed by atoms with Gasteiger partial charge in [0.1, 0.15) is 0 Å². The van der Waals surface area contributed by atoms with Crippen LogP contribution in [0.5, 0.6) is 0 Å². The van der Waals surface area contributed by atoms with Crippen LogP contribution in [0.1, 0.15) is 11.1 Å². The maximum absolute atomic E-state index is 5.88. The summed E-state index contributed by atoms with van der Waals surface area (Å²) in [7, 11) is 0. The molecule has 5 nitrogen and oxygen atoms in total. The van der Waals surface area contributed by atoms with Crippen molar-refractivity contribution in [1.29, 1.82) is 0 Å². The van der Waals surface area contributed by atoms with Crippen LogP contribution in [0.3, 0.4) is 0 Å². The van der Waals surface area contributed by atoms with Gasteiger partial charge in [-0.25, -0.2) is 4.68 Å². The van der Waals surface area contributed by atoms with Gasteiger partial charge in [0, 0.05) is 28.6 Å². The van der Waals surface area contributed by atoms with Gasteiger partial charge in [0.25, 0.3) is 5.22 Å². The predicted octanol–water partition coefficient (Wildman–Crippen LogP) is 6.19. The number of rotatable bonds is 6. The summed E-state index contributed by atoms with van der Waals surface area (Å²) in [5.41, 5.74) is 6.29. The lowest BCUT2D eigenvalue weighted by Gasteiger charge is -2.01. The van der Waals surface area contributed by atoms with E-state index in [-0.39, 0.29) is 0 Å². The number of para-hydroxylation sites is 1. The van der Waals surface area contributed by atoms with Crippen LogP contribution in [0.2, 0.25) is 0 Å². The van der Waals surface area contributed by atoms with E-state index in [1.54, 1.807) is 0 Å². The Morgan fingerprint density at radius 1 is 0.806 bits per heavy atom. The number of thioether (sulfide) groups is 1. The van der Waals surface area contributed by atoms with E-state index in [1.807, 2.05) is 77.5 Å². The van der Waals surface area contributed by atoms with Crippen LogP contribution in [-0.4, -0.2) is 20.0 Å².